The highest BCUT2D eigenvalue weighted by molar-refractivity contribution is 5.83. The summed E-state index contributed by atoms with van der Waals surface area (Å²) < 4.78 is 5.67. The van der Waals surface area contributed by atoms with Crippen molar-refractivity contribution in [3.05, 3.63) is 23.8 Å². The van der Waals surface area contributed by atoms with E-state index in [1.54, 1.807) is 0 Å². The van der Waals surface area contributed by atoms with E-state index in [1.165, 1.54) is 6.08 Å². The predicted molar refractivity (Wildman–Crippen MR) is 93.2 cm³/mol. The Morgan fingerprint density at radius 2 is 1.96 bits per heavy atom. The molecule has 0 aromatic carbocycles. The second kappa shape index (κ2) is 6.83. The zero-order valence-corrected chi connectivity index (χ0v) is 15.5. The van der Waals surface area contributed by atoms with E-state index in [0.717, 1.165) is 17.6 Å². The number of hydrogen-bond acceptors (Lipinski definition) is 4. The highest BCUT2D eigenvalue weighted by atomic mass is 16.6. The Morgan fingerprint density at radius 3 is 2.50 bits per heavy atom. The molecule has 2 saturated carbocycles. The van der Waals surface area contributed by atoms with Crippen LogP contribution in [0.4, 0.5) is 0 Å². The molecule has 0 aromatic heterocycles. The summed E-state index contributed by atoms with van der Waals surface area (Å²) in [4.78, 5) is 24.3. The van der Waals surface area contributed by atoms with Crippen LogP contribution in [-0.4, -0.2) is 29.1 Å². The molecule has 0 unspecified atom stereocenters. The molecule has 0 bridgehead atoms. The molecule has 0 amide bonds. The van der Waals surface area contributed by atoms with Crippen LogP contribution in [0.15, 0.2) is 23.8 Å². The molecule has 0 spiro atoms. The van der Waals surface area contributed by atoms with Crippen LogP contribution in [0.2, 0.25) is 0 Å². The number of allylic oxidation sites excluding steroid dienone is 1. The summed E-state index contributed by atoms with van der Waals surface area (Å²) in [6.07, 6.45) is 1.66. The summed E-state index contributed by atoms with van der Waals surface area (Å²) in [6, 6.07) is 0. The minimum absolute atomic E-state index is 0.119. The van der Waals surface area contributed by atoms with Crippen molar-refractivity contribution in [1.82, 2.24) is 0 Å². The molecule has 6 atom stereocenters. The van der Waals surface area contributed by atoms with Crippen LogP contribution < -0.4 is 0 Å². The third kappa shape index (κ3) is 3.49. The Labute approximate surface area is 145 Å². The first-order valence-electron chi connectivity index (χ1n) is 8.77. The van der Waals surface area contributed by atoms with Gasteiger partial charge < -0.3 is 9.84 Å². The van der Waals surface area contributed by atoms with Gasteiger partial charge >= 0.3 is 5.97 Å². The number of aliphatic hydroxyl groups excluding tert-OH is 1. The summed E-state index contributed by atoms with van der Waals surface area (Å²) >= 11 is 0. The van der Waals surface area contributed by atoms with Crippen molar-refractivity contribution >= 4 is 11.8 Å². The third-order valence-corrected chi connectivity index (χ3v) is 6.05. The standard InChI is InChI=1S/C20H30O4/c1-11(2)7-17(22)24-19-16-9-14(21)8-13(5)20(16,6)10-15(12(3)4)18(19)23/h7,13,15-16,18-19,23H,3,8-10H2,1-2,4-6H3/t13-,15+,16+,18+,19-,20+/m0/s1. The minimum atomic E-state index is -0.812. The Balaban J connectivity index is 2.39. The monoisotopic (exact) mass is 334 g/mol. The molecular formula is C20H30O4. The van der Waals surface area contributed by atoms with E-state index in [9.17, 15) is 14.7 Å². The van der Waals surface area contributed by atoms with E-state index in [1.807, 2.05) is 20.8 Å². The molecule has 134 valence electrons. The average molecular weight is 334 g/mol. The number of Topliss-reactive ketones (excluding diaryl/α,β-unsaturated/α-hetero) is 1. The molecule has 4 nitrogen and oxygen atoms in total. The van der Waals surface area contributed by atoms with Crippen LogP contribution in [-0.2, 0) is 14.3 Å². The molecule has 0 aliphatic heterocycles. The quantitative estimate of drug-likeness (QED) is 0.488. The summed E-state index contributed by atoms with van der Waals surface area (Å²) in [5.41, 5.74) is 1.60. The van der Waals surface area contributed by atoms with Crippen molar-refractivity contribution in [1.29, 1.82) is 0 Å². The van der Waals surface area contributed by atoms with Crippen LogP contribution >= 0.6 is 0 Å². The van der Waals surface area contributed by atoms with Crippen molar-refractivity contribution in [3.63, 3.8) is 0 Å². The molecule has 2 aliphatic carbocycles. The molecule has 2 aliphatic rings. The van der Waals surface area contributed by atoms with E-state index >= 15 is 0 Å². The molecule has 1 N–H and O–H groups in total. The topological polar surface area (TPSA) is 63.6 Å². The number of esters is 1. The van der Waals surface area contributed by atoms with E-state index < -0.39 is 18.2 Å². The Kier molecular flexibility index (Phi) is 5.38. The van der Waals surface area contributed by atoms with Crippen molar-refractivity contribution in [2.75, 3.05) is 0 Å². The van der Waals surface area contributed by atoms with Crippen molar-refractivity contribution in [3.8, 4) is 0 Å². The maximum atomic E-state index is 12.2. The SMILES string of the molecule is C=C(C)[C@H]1C[C@@]2(C)[C@H](CC(=O)C[C@@H]2C)[C@H](OC(=O)C=C(C)C)[C@@H]1O. The first-order valence-corrected chi connectivity index (χ1v) is 8.77. The van der Waals surface area contributed by atoms with Crippen molar-refractivity contribution < 1.29 is 19.4 Å². The van der Waals surface area contributed by atoms with Gasteiger partial charge in [0, 0.05) is 30.8 Å². The second-order valence-corrected chi connectivity index (χ2v) is 8.23. The van der Waals surface area contributed by atoms with Gasteiger partial charge in [0.1, 0.15) is 11.9 Å². The summed E-state index contributed by atoms with van der Waals surface area (Å²) in [5.74, 6) is -0.327. The number of aliphatic hydroxyl groups is 1. The fraction of sp³-hybridized carbons (Fsp3) is 0.700. The summed E-state index contributed by atoms with van der Waals surface area (Å²) in [7, 11) is 0. The molecular weight excluding hydrogens is 304 g/mol. The van der Waals surface area contributed by atoms with Gasteiger partial charge in [0.15, 0.2) is 0 Å². The molecule has 24 heavy (non-hydrogen) atoms. The average Bonchev–Trinajstić information content (AvgIpc) is 2.44. The van der Waals surface area contributed by atoms with Crippen LogP contribution in [0.5, 0.6) is 0 Å². The zero-order valence-electron chi connectivity index (χ0n) is 15.5. The molecule has 2 rings (SSSR count). The molecule has 0 saturated heterocycles. The first-order chi connectivity index (χ1) is 11.1. The van der Waals surface area contributed by atoms with E-state index in [-0.39, 0.29) is 29.0 Å². The fourth-order valence-electron chi connectivity index (χ4n) is 4.43. The van der Waals surface area contributed by atoms with Crippen molar-refractivity contribution in [2.45, 2.75) is 66.1 Å². The number of fused-ring (bicyclic) bond motifs is 1. The molecule has 0 radical (unpaired) electrons. The van der Waals surface area contributed by atoms with Gasteiger partial charge in [-0.15, -0.1) is 0 Å². The number of hydrogen-bond donors (Lipinski definition) is 1. The highest BCUT2D eigenvalue weighted by Gasteiger charge is 2.56. The van der Waals surface area contributed by atoms with Gasteiger partial charge in [-0.05, 0) is 38.5 Å². The van der Waals surface area contributed by atoms with Gasteiger partial charge in [-0.25, -0.2) is 4.79 Å². The number of carbonyl (C=O) groups excluding carboxylic acids is 2. The fourth-order valence-corrected chi connectivity index (χ4v) is 4.43. The highest BCUT2D eigenvalue weighted by Crippen LogP contribution is 2.55. The third-order valence-electron chi connectivity index (χ3n) is 6.05. The smallest absolute Gasteiger partial charge is 0.331 e. The number of rotatable bonds is 3. The Morgan fingerprint density at radius 1 is 1.33 bits per heavy atom. The van der Waals surface area contributed by atoms with E-state index in [4.69, 9.17) is 4.74 Å². The van der Waals surface area contributed by atoms with Crippen LogP contribution in [0.3, 0.4) is 0 Å². The second-order valence-electron chi connectivity index (χ2n) is 8.23. The molecule has 2 fully saturated rings. The number of ketones is 1. The van der Waals surface area contributed by atoms with Crippen molar-refractivity contribution in [2.24, 2.45) is 23.2 Å². The number of carbonyl (C=O) groups is 2. The van der Waals surface area contributed by atoms with Gasteiger partial charge in [0.2, 0.25) is 0 Å². The van der Waals surface area contributed by atoms with Gasteiger partial charge in [0.05, 0.1) is 6.10 Å². The zero-order chi connectivity index (χ0) is 18.2. The molecule has 0 aromatic rings. The summed E-state index contributed by atoms with van der Waals surface area (Å²) in [5, 5.41) is 10.8. The lowest BCUT2D eigenvalue weighted by Gasteiger charge is -2.55. The summed E-state index contributed by atoms with van der Waals surface area (Å²) in [6.45, 7) is 13.8. The van der Waals surface area contributed by atoms with Gasteiger partial charge in [0.25, 0.3) is 0 Å². The Bertz CT molecular complexity index is 572. The normalized spacial score (nSPS) is 38.9. The lowest BCUT2D eigenvalue weighted by atomic mass is 9.51. The van der Waals surface area contributed by atoms with Gasteiger partial charge in [-0.1, -0.05) is 31.6 Å². The lowest BCUT2D eigenvalue weighted by Crippen LogP contribution is -2.58. The maximum absolute atomic E-state index is 12.2. The van der Waals surface area contributed by atoms with Crippen LogP contribution in [0.25, 0.3) is 0 Å². The Hall–Kier alpha value is -1.42. The van der Waals surface area contributed by atoms with Gasteiger partial charge in [-0.3, -0.25) is 4.79 Å². The van der Waals surface area contributed by atoms with E-state index in [2.05, 4.69) is 20.4 Å². The van der Waals surface area contributed by atoms with Crippen LogP contribution in [0.1, 0.15) is 53.9 Å². The minimum Gasteiger partial charge on any atom is -0.456 e. The van der Waals surface area contributed by atoms with Crippen LogP contribution in [0, 0.1) is 23.2 Å². The lowest BCUT2D eigenvalue weighted by molar-refractivity contribution is -0.186. The number of ether oxygens (including phenoxy) is 1. The van der Waals surface area contributed by atoms with Gasteiger partial charge in [-0.2, -0.15) is 0 Å². The van der Waals surface area contributed by atoms with E-state index in [0.29, 0.717) is 12.8 Å². The maximum Gasteiger partial charge on any atom is 0.331 e. The molecule has 4 heteroatoms. The largest absolute Gasteiger partial charge is 0.456 e. The first kappa shape index (κ1) is 18.9. The predicted octanol–water partition coefficient (Wildman–Crippen LogP) is 3.44. The molecule has 0 heterocycles.